The molecule has 0 radical (unpaired) electrons. The number of benzene rings is 3. The van der Waals surface area contributed by atoms with E-state index in [1.54, 1.807) is 52.7 Å². The Balaban J connectivity index is 1.64. The van der Waals surface area contributed by atoms with E-state index >= 15 is 0 Å². The molecule has 9 heteroatoms. The molecule has 4 rings (SSSR count). The smallest absolute Gasteiger partial charge is 0.240 e. The van der Waals surface area contributed by atoms with Crippen LogP contribution in [0.25, 0.3) is 0 Å². The SMILES string of the molecule is COc1ccc(CN2CCc3cc(OC)c(OC)cc3[C@@H]2CNS(=O)(=O)c2ccc(OC)cc2)cc1. The molecule has 0 aliphatic carbocycles. The summed E-state index contributed by atoms with van der Waals surface area (Å²) in [6, 6.07) is 18.0. The van der Waals surface area contributed by atoms with Gasteiger partial charge in [-0.1, -0.05) is 12.1 Å². The minimum absolute atomic E-state index is 0.188. The summed E-state index contributed by atoms with van der Waals surface area (Å²) >= 11 is 0. The van der Waals surface area contributed by atoms with Crippen LogP contribution >= 0.6 is 0 Å². The number of nitrogens with zero attached hydrogens (tertiary/aromatic N) is 1. The Kier molecular flexibility index (Phi) is 8.03. The Morgan fingerprint density at radius 1 is 0.833 bits per heavy atom. The fourth-order valence-electron chi connectivity index (χ4n) is 4.50. The molecule has 0 aromatic heterocycles. The van der Waals surface area contributed by atoms with Crippen molar-refractivity contribution in [3.05, 3.63) is 77.4 Å². The van der Waals surface area contributed by atoms with Gasteiger partial charge in [0.2, 0.25) is 10.0 Å². The van der Waals surface area contributed by atoms with Crippen molar-refractivity contribution in [2.24, 2.45) is 0 Å². The van der Waals surface area contributed by atoms with Gasteiger partial charge in [-0.3, -0.25) is 4.90 Å². The lowest BCUT2D eigenvalue weighted by molar-refractivity contribution is 0.176. The van der Waals surface area contributed by atoms with E-state index in [4.69, 9.17) is 18.9 Å². The molecule has 1 atom stereocenters. The number of ether oxygens (including phenoxy) is 4. The van der Waals surface area contributed by atoms with Crippen molar-refractivity contribution in [2.75, 3.05) is 41.5 Å². The van der Waals surface area contributed by atoms with Crippen molar-refractivity contribution < 1.29 is 27.4 Å². The van der Waals surface area contributed by atoms with Gasteiger partial charge in [0.15, 0.2) is 11.5 Å². The molecule has 0 unspecified atom stereocenters. The van der Waals surface area contributed by atoms with Crippen LogP contribution in [0.5, 0.6) is 23.0 Å². The fourth-order valence-corrected chi connectivity index (χ4v) is 5.54. The molecule has 1 aliphatic rings. The maximum Gasteiger partial charge on any atom is 0.240 e. The first kappa shape index (κ1) is 25.8. The molecule has 0 amide bonds. The molecule has 192 valence electrons. The first-order chi connectivity index (χ1) is 17.4. The molecule has 0 fully saturated rings. The van der Waals surface area contributed by atoms with Gasteiger partial charge in [0, 0.05) is 25.7 Å². The van der Waals surface area contributed by atoms with Crippen molar-refractivity contribution in [2.45, 2.75) is 23.9 Å². The third-order valence-corrected chi connectivity index (χ3v) is 7.93. The summed E-state index contributed by atoms with van der Waals surface area (Å²) in [5, 5.41) is 0. The minimum atomic E-state index is -3.73. The Morgan fingerprint density at radius 2 is 1.42 bits per heavy atom. The van der Waals surface area contributed by atoms with E-state index in [1.165, 1.54) is 0 Å². The van der Waals surface area contributed by atoms with Crippen LogP contribution in [0, 0.1) is 0 Å². The Hall–Kier alpha value is -3.27. The summed E-state index contributed by atoms with van der Waals surface area (Å²) < 4.78 is 50.5. The zero-order chi connectivity index (χ0) is 25.7. The molecular weight excluding hydrogens is 480 g/mol. The normalized spacial score (nSPS) is 15.7. The fraction of sp³-hybridized carbons (Fsp3) is 0.333. The number of sulfonamides is 1. The molecule has 1 N–H and O–H groups in total. The number of methoxy groups -OCH3 is 4. The standard InChI is InChI=1S/C27H32N2O6S/c1-32-21-7-5-19(6-8-21)18-29-14-13-20-15-26(34-3)27(35-4)16-24(20)25(29)17-28-36(30,31)23-11-9-22(33-2)10-12-23/h5-12,15-16,25,28H,13-14,17-18H2,1-4H3/t25-/m0/s1. The van der Waals surface area contributed by atoms with Crippen LogP contribution in [0.15, 0.2) is 65.6 Å². The van der Waals surface area contributed by atoms with E-state index in [0.29, 0.717) is 23.8 Å². The first-order valence-electron chi connectivity index (χ1n) is 11.6. The highest BCUT2D eigenvalue weighted by atomic mass is 32.2. The quantitative estimate of drug-likeness (QED) is 0.442. The van der Waals surface area contributed by atoms with E-state index in [9.17, 15) is 8.42 Å². The largest absolute Gasteiger partial charge is 0.497 e. The third kappa shape index (κ3) is 5.59. The number of fused-ring (bicyclic) bond motifs is 1. The maximum absolute atomic E-state index is 13.1. The van der Waals surface area contributed by atoms with Crippen LogP contribution < -0.4 is 23.7 Å². The lowest BCUT2D eigenvalue weighted by atomic mass is 9.91. The Labute approximate surface area is 212 Å². The van der Waals surface area contributed by atoms with Gasteiger partial charge >= 0.3 is 0 Å². The van der Waals surface area contributed by atoms with Gasteiger partial charge in [0.25, 0.3) is 0 Å². The molecule has 1 heterocycles. The molecule has 0 bridgehead atoms. The second kappa shape index (κ2) is 11.2. The van der Waals surface area contributed by atoms with E-state index in [2.05, 4.69) is 9.62 Å². The summed E-state index contributed by atoms with van der Waals surface area (Å²) in [7, 11) is 2.68. The van der Waals surface area contributed by atoms with Crippen molar-refractivity contribution in [3.63, 3.8) is 0 Å². The molecule has 1 aliphatic heterocycles. The van der Waals surface area contributed by atoms with Gasteiger partial charge in [-0.2, -0.15) is 0 Å². The number of hydrogen-bond acceptors (Lipinski definition) is 7. The summed E-state index contributed by atoms with van der Waals surface area (Å²) in [6.07, 6.45) is 0.813. The van der Waals surface area contributed by atoms with Crippen molar-refractivity contribution in [3.8, 4) is 23.0 Å². The monoisotopic (exact) mass is 512 g/mol. The van der Waals surface area contributed by atoms with Gasteiger partial charge in [0.05, 0.1) is 33.3 Å². The average molecular weight is 513 g/mol. The maximum atomic E-state index is 13.1. The summed E-state index contributed by atoms with van der Waals surface area (Å²) in [6.45, 7) is 1.63. The minimum Gasteiger partial charge on any atom is -0.497 e. The Bertz CT molecular complexity index is 1280. The lowest BCUT2D eigenvalue weighted by Gasteiger charge is -2.38. The van der Waals surface area contributed by atoms with Gasteiger partial charge in [-0.25, -0.2) is 13.1 Å². The third-order valence-electron chi connectivity index (χ3n) is 6.49. The summed E-state index contributed by atoms with van der Waals surface area (Å²) in [5.74, 6) is 2.67. The van der Waals surface area contributed by atoms with Gasteiger partial charge in [-0.15, -0.1) is 0 Å². The topological polar surface area (TPSA) is 86.3 Å². The molecule has 3 aromatic carbocycles. The van der Waals surface area contributed by atoms with Crippen molar-refractivity contribution in [1.29, 1.82) is 0 Å². The van der Waals surface area contributed by atoms with Crippen LogP contribution in [0.1, 0.15) is 22.7 Å². The van der Waals surface area contributed by atoms with Crippen LogP contribution in [0.4, 0.5) is 0 Å². The zero-order valence-corrected chi connectivity index (χ0v) is 21.8. The molecular formula is C27H32N2O6S. The number of nitrogens with one attached hydrogen (secondary N) is 1. The highest BCUT2D eigenvalue weighted by Crippen LogP contribution is 2.38. The molecule has 8 nitrogen and oxygen atoms in total. The first-order valence-corrected chi connectivity index (χ1v) is 13.1. The molecule has 0 spiro atoms. The van der Waals surface area contributed by atoms with Crippen LogP contribution in [0.2, 0.25) is 0 Å². The van der Waals surface area contributed by atoms with E-state index in [1.807, 2.05) is 36.4 Å². The average Bonchev–Trinajstić information content (AvgIpc) is 2.92. The number of rotatable bonds is 10. The highest BCUT2D eigenvalue weighted by molar-refractivity contribution is 7.89. The van der Waals surface area contributed by atoms with Crippen molar-refractivity contribution >= 4 is 10.0 Å². The van der Waals surface area contributed by atoms with E-state index < -0.39 is 10.0 Å². The summed E-state index contributed by atoms with van der Waals surface area (Å²) in [5.41, 5.74) is 3.25. The summed E-state index contributed by atoms with van der Waals surface area (Å²) in [4.78, 5) is 2.47. The second-order valence-corrected chi connectivity index (χ2v) is 10.3. The van der Waals surface area contributed by atoms with Gasteiger partial charge in [-0.05, 0) is 71.6 Å². The van der Waals surface area contributed by atoms with Gasteiger partial charge in [0.1, 0.15) is 11.5 Å². The molecule has 0 saturated carbocycles. The second-order valence-electron chi connectivity index (χ2n) is 8.52. The predicted octanol–water partition coefficient (Wildman–Crippen LogP) is 3.80. The van der Waals surface area contributed by atoms with Crippen LogP contribution in [-0.2, 0) is 23.0 Å². The number of hydrogen-bond donors (Lipinski definition) is 1. The van der Waals surface area contributed by atoms with Gasteiger partial charge < -0.3 is 18.9 Å². The molecule has 36 heavy (non-hydrogen) atoms. The van der Waals surface area contributed by atoms with Crippen molar-refractivity contribution in [1.82, 2.24) is 9.62 Å². The highest BCUT2D eigenvalue weighted by Gasteiger charge is 2.30. The van der Waals surface area contributed by atoms with E-state index in [0.717, 1.165) is 35.4 Å². The Morgan fingerprint density at radius 3 is 2.00 bits per heavy atom. The zero-order valence-electron chi connectivity index (χ0n) is 21.0. The van der Waals surface area contributed by atoms with Crippen LogP contribution in [0.3, 0.4) is 0 Å². The molecule has 3 aromatic rings. The van der Waals surface area contributed by atoms with Crippen LogP contribution in [-0.4, -0.2) is 54.8 Å². The molecule has 0 saturated heterocycles. The predicted molar refractivity (Wildman–Crippen MR) is 138 cm³/mol. The lowest BCUT2D eigenvalue weighted by Crippen LogP contribution is -2.41. The van der Waals surface area contributed by atoms with E-state index in [-0.39, 0.29) is 17.5 Å².